The minimum Gasteiger partial charge on any atom is -0.493 e. The van der Waals surface area contributed by atoms with Gasteiger partial charge in [0.2, 0.25) is 0 Å². The molecule has 2 aromatic carbocycles. The maximum Gasteiger partial charge on any atom is 0.262 e. The lowest BCUT2D eigenvalue weighted by Gasteiger charge is -2.20. The van der Waals surface area contributed by atoms with Crippen LogP contribution in [-0.2, 0) is 4.79 Å². The van der Waals surface area contributed by atoms with E-state index in [2.05, 4.69) is 31.8 Å². The van der Waals surface area contributed by atoms with Gasteiger partial charge in [-0.25, -0.2) is 5.43 Å². The van der Waals surface area contributed by atoms with Crippen LogP contribution in [0, 0.1) is 5.92 Å². The highest BCUT2D eigenvalue weighted by molar-refractivity contribution is 9.10. The van der Waals surface area contributed by atoms with E-state index in [-0.39, 0.29) is 11.8 Å². The van der Waals surface area contributed by atoms with Crippen molar-refractivity contribution in [3.05, 3.63) is 57.0 Å². The van der Waals surface area contributed by atoms with Crippen LogP contribution in [-0.4, -0.2) is 37.8 Å². The van der Waals surface area contributed by atoms with Gasteiger partial charge in [-0.2, -0.15) is 5.10 Å². The number of hydrazone groups is 1. The quantitative estimate of drug-likeness (QED) is 0.345. The number of carbonyl (C=O) groups excluding carboxylic acids is 2. The molecule has 2 rings (SSSR count). The van der Waals surface area contributed by atoms with Crippen molar-refractivity contribution >= 4 is 45.6 Å². The molecule has 32 heavy (non-hydrogen) atoms. The van der Waals surface area contributed by atoms with Gasteiger partial charge in [0, 0.05) is 10.6 Å². The fourth-order valence-electron chi connectivity index (χ4n) is 2.79. The van der Waals surface area contributed by atoms with Crippen molar-refractivity contribution in [3.63, 3.8) is 0 Å². The molecule has 2 amide bonds. The summed E-state index contributed by atoms with van der Waals surface area (Å²) >= 11 is 9.42. The highest BCUT2D eigenvalue weighted by Gasteiger charge is 2.24. The maximum atomic E-state index is 12.7. The van der Waals surface area contributed by atoms with Crippen LogP contribution in [0.15, 0.2) is 46.0 Å². The third-order valence-corrected chi connectivity index (χ3v) is 5.24. The summed E-state index contributed by atoms with van der Waals surface area (Å²) in [5.41, 5.74) is 3.56. The van der Waals surface area contributed by atoms with Crippen LogP contribution in [0.1, 0.15) is 43.1 Å². The fourth-order valence-corrected chi connectivity index (χ4v) is 3.55. The summed E-state index contributed by atoms with van der Waals surface area (Å²) in [4.78, 5) is 25.2. The zero-order valence-corrected chi connectivity index (χ0v) is 20.8. The molecule has 9 heteroatoms. The zero-order valence-electron chi connectivity index (χ0n) is 18.4. The first kappa shape index (κ1) is 25.7. The molecule has 0 aliphatic heterocycles. The third-order valence-electron chi connectivity index (χ3n) is 4.41. The van der Waals surface area contributed by atoms with Crippen LogP contribution in [0.2, 0.25) is 5.02 Å². The van der Waals surface area contributed by atoms with Gasteiger partial charge in [0.25, 0.3) is 11.8 Å². The second kappa shape index (κ2) is 12.5. The lowest BCUT2D eigenvalue weighted by atomic mass is 10.0. The van der Waals surface area contributed by atoms with Crippen molar-refractivity contribution in [2.45, 2.75) is 33.2 Å². The molecule has 0 saturated heterocycles. The minimum absolute atomic E-state index is 0.155. The van der Waals surface area contributed by atoms with Crippen molar-refractivity contribution in [1.82, 2.24) is 10.7 Å². The van der Waals surface area contributed by atoms with Crippen LogP contribution in [0.3, 0.4) is 0 Å². The van der Waals surface area contributed by atoms with Crippen molar-refractivity contribution in [1.29, 1.82) is 0 Å². The molecule has 2 N–H and O–H groups in total. The van der Waals surface area contributed by atoms with Crippen molar-refractivity contribution in [2.24, 2.45) is 11.0 Å². The first-order chi connectivity index (χ1) is 15.3. The molecule has 0 saturated carbocycles. The number of nitrogens with one attached hydrogen (secondary N) is 2. The number of amides is 2. The Morgan fingerprint density at radius 3 is 2.62 bits per heavy atom. The Bertz CT molecular complexity index is 982. The van der Waals surface area contributed by atoms with E-state index in [1.807, 2.05) is 26.8 Å². The van der Waals surface area contributed by atoms with Gasteiger partial charge in [-0.15, -0.1) is 0 Å². The number of hydrogen-bond donors (Lipinski definition) is 2. The summed E-state index contributed by atoms with van der Waals surface area (Å²) in [5.74, 6) is 0.188. The van der Waals surface area contributed by atoms with Gasteiger partial charge >= 0.3 is 0 Å². The summed E-state index contributed by atoms with van der Waals surface area (Å²) < 4.78 is 11.8. The molecule has 0 heterocycles. The predicted octanol–water partition coefficient (Wildman–Crippen LogP) is 4.80. The van der Waals surface area contributed by atoms with Gasteiger partial charge in [-0.1, -0.05) is 38.4 Å². The van der Waals surface area contributed by atoms with Gasteiger partial charge in [0.15, 0.2) is 11.5 Å². The van der Waals surface area contributed by atoms with Gasteiger partial charge < -0.3 is 14.8 Å². The Kier molecular flexibility index (Phi) is 9.99. The lowest BCUT2D eigenvalue weighted by Crippen LogP contribution is -2.48. The summed E-state index contributed by atoms with van der Waals surface area (Å²) in [6.45, 7) is 6.26. The molecular weight excluding hydrogens is 498 g/mol. The van der Waals surface area contributed by atoms with Gasteiger partial charge in [-0.05, 0) is 64.2 Å². The second-order valence-electron chi connectivity index (χ2n) is 7.32. The maximum absolute atomic E-state index is 12.7. The number of methoxy groups -OCH3 is 1. The number of benzene rings is 2. The van der Waals surface area contributed by atoms with Gasteiger partial charge in [0.1, 0.15) is 6.04 Å². The average molecular weight is 525 g/mol. The molecule has 172 valence electrons. The number of halogens is 2. The molecule has 0 fully saturated rings. The van der Waals surface area contributed by atoms with Crippen molar-refractivity contribution < 1.29 is 19.1 Å². The van der Waals surface area contributed by atoms with E-state index in [4.69, 9.17) is 21.1 Å². The average Bonchev–Trinajstić information content (AvgIpc) is 2.75. The molecular formula is C23H27BrClN3O4. The first-order valence-electron chi connectivity index (χ1n) is 10.2. The molecule has 1 unspecified atom stereocenters. The Balaban J connectivity index is 2.08. The number of rotatable bonds is 10. The van der Waals surface area contributed by atoms with E-state index < -0.39 is 11.9 Å². The Morgan fingerprint density at radius 2 is 2.00 bits per heavy atom. The summed E-state index contributed by atoms with van der Waals surface area (Å²) in [6, 6.07) is 9.32. The summed E-state index contributed by atoms with van der Waals surface area (Å²) in [7, 11) is 1.55. The van der Waals surface area contributed by atoms with Crippen molar-refractivity contribution in [3.8, 4) is 11.5 Å². The Labute approximate surface area is 201 Å². The van der Waals surface area contributed by atoms with Crippen molar-refractivity contribution in [2.75, 3.05) is 13.7 Å². The van der Waals surface area contributed by atoms with E-state index in [1.54, 1.807) is 37.4 Å². The van der Waals surface area contributed by atoms with E-state index in [0.717, 1.165) is 6.42 Å². The highest BCUT2D eigenvalue weighted by Crippen LogP contribution is 2.36. The third kappa shape index (κ3) is 7.24. The molecule has 0 aliphatic carbocycles. The van der Waals surface area contributed by atoms with E-state index >= 15 is 0 Å². The van der Waals surface area contributed by atoms with Crippen LogP contribution < -0.4 is 20.2 Å². The normalized spacial score (nSPS) is 12.0. The highest BCUT2D eigenvalue weighted by atomic mass is 79.9. The second-order valence-corrected chi connectivity index (χ2v) is 8.61. The summed E-state index contributed by atoms with van der Waals surface area (Å²) in [5, 5.41) is 7.21. The predicted molar refractivity (Wildman–Crippen MR) is 130 cm³/mol. The standard InChI is InChI=1S/C23H27BrClN3O4/c1-5-9-32-21-18(24)10-15(11-19(21)31-4)13-26-28-23(30)20(14(2)3)27-22(29)16-7-6-8-17(25)12-16/h6-8,10-14,20H,5,9H2,1-4H3,(H,27,29)(H,28,30). The fraction of sp³-hybridized carbons (Fsp3) is 0.348. The Hall–Kier alpha value is -2.58. The molecule has 0 radical (unpaired) electrons. The summed E-state index contributed by atoms with van der Waals surface area (Å²) in [6.07, 6.45) is 2.36. The first-order valence-corrected chi connectivity index (χ1v) is 11.3. The van der Waals surface area contributed by atoms with E-state index in [0.29, 0.717) is 38.7 Å². The number of nitrogens with zero attached hydrogens (tertiary/aromatic N) is 1. The number of hydrogen-bond acceptors (Lipinski definition) is 5. The molecule has 2 aromatic rings. The molecule has 0 aromatic heterocycles. The molecule has 0 bridgehead atoms. The topological polar surface area (TPSA) is 89.0 Å². The minimum atomic E-state index is -0.773. The lowest BCUT2D eigenvalue weighted by molar-refractivity contribution is -0.123. The molecule has 0 spiro atoms. The Morgan fingerprint density at radius 1 is 1.25 bits per heavy atom. The van der Waals surface area contributed by atoms with E-state index in [9.17, 15) is 9.59 Å². The molecule has 7 nitrogen and oxygen atoms in total. The van der Waals surface area contributed by atoms with Crippen LogP contribution in [0.4, 0.5) is 0 Å². The SMILES string of the molecule is CCCOc1c(Br)cc(C=NNC(=O)C(NC(=O)c2cccc(Cl)c2)C(C)C)cc1OC. The largest absolute Gasteiger partial charge is 0.493 e. The van der Waals surface area contributed by atoms with Crippen LogP contribution in [0.25, 0.3) is 0 Å². The van der Waals surface area contributed by atoms with Gasteiger partial charge in [0.05, 0.1) is 24.4 Å². The molecule has 1 atom stereocenters. The number of ether oxygens (including phenoxy) is 2. The van der Waals surface area contributed by atoms with E-state index in [1.165, 1.54) is 6.21 Å². The zero-order chi connectivity index (χ0) is 23.7. The van der Waals surface area contributed by atoms with Gasteiger partial charge in [-0.3, -0.25) is 9.59 Å². The molecule has 0 aliphatic rings. The van der Waals surface area contributed by atoms with Crippen LogP contribution in [0.5, 0.6) is 11.5 Å². The smallest absolute Gasteiger partial charge is 0.262 e. The van der Waals surface area contributed by atoms with Crippen LogP contribution >= 0.6 is 27.5 Å². The monoisotopic (exact) mass is 523 g/mol. The number of carbonyl (C=O) groups is 2.